The minimum atomic E-state index is 0. The van der Waals surface area contributed by atoms with Crippen molar-refractivity contribution >= 4 is 35.8 Å². The number of likely N-dealkylation sites (tertiary alicyclic amines) is 2. The first-order chi connectivity index (χ1) is 14.2. The van der Waals surface area contributed by atoms with Gasteiger partial charge in [0, 0.05) is 26.2 Å². The minimum absolute atomic E-state index is 0. The fourth-order valence-corrected chi connectivity index (χ4v) is 4.05. The molecule has 3 rings (SSSR count). The first-order valence-corrected chi connectivity index (χ1v) is 11.3. The average molecular weight is 527 g/mol. The summed E-state index contributed by atoms with van der Waals surface area (Å²) in [5.41, 5.74) is 2.56. The number of guanidine groups is 1. The molecule has 2 saturated heterocycles. The van der Waals surface area contributed by atoms with Gasteiger partial charge in [-0.2, -0.15) is 0 Å². The highest BCUT2D eigenvalue weighted by atomic mass is 127. The Balaban J connectivity index is 0.00000320. The molecular formula is C23H38IN5O. The maximum Gasteiger partial charge on any atom is 0.241 e. The summed E-state index contributed by atoms with van der Waals surface area (Å²) in [5.74, 6) is 0.868. The summed E-state index contributed by atoms with van der Waals surface area (Å²) < 4.78 is 0. The fourth-order valence-electron chi connectivity index (χ4n) is 4.05. The summed E-state index contributed by atoms with van der Waals surface area (Å²) in [6.07, 6.45) is 7.50. The molecule has 0 unspecified atom stereocenters. The van der Waals surface area contributed by atoms with Gasteiger partial charge in [-0.25, -0.2) is 4.99 Å². The number of carbonyl (C=O) groups is 1. The number of hydrogen-bond donors (Lipinski definition) is 2. The smallest absolute Gasteiger partial charge is 0.241 e. The van der Waals surface area contributed by atoms with Gasteiger partial charge in [0.1, 0.15) is 0 Å². The predicted molar refractivity (Wildman–Crippen MR) is 134 cm³/mol. The third-order valence-electron chi connectivity index (χ3n) is 5.76. The van der Waals surface area contributed by atoms with Crippen LogP contribution in [0.2, 0.25) is 0 Å². The van der Waals surface area contributed by atoms with Crippen molar-refractivity contribution in [2.75, 3.05) is 39.3 Å². The number of nitrogens with zero attached hydrogens (tertiary/aromatic N) is 3. The van der Waals surface area contributed by atoms with E-state index in [2.05, 4.69) is 44.8 Å². The Morgan fingerprint density at radius 3 is 2.13 bits per heavy atom. The van der Waals surface area contributed by atoms with Crippen LogP contribution in [0.5, 0.6) is 0 Å². The number of hydrogen-bond acceptors (Lipinski definition) is 3. The lowest BCUT2D eigenvalue weighted by Crippen LogP contribution is -2.46. The van der Waals surface area contributed by atoms with Crippen LogP contribution in [-0.4, -0.2) is 60.9 Å². The van der Waals surface area contributed by atoms with E-state index in [-0.39, 0.29) is 29.9 Å². The lowest BCUT2D eigenvalue weighted by Gasteiger charge is -2.27. The van der Waals surface area contributed by atoms with Crippen molar-refractivity contribution in [2.24, 2.45) is 4.99 Å². The molecule has 1 amide bonds. The zero-order valence-corrected chi connectivity index (χ0v) is 20.7. The van der Waals surface area contributed by atoms with Gasteiger partial charge in [-0.1, -0.05) is 30.7 Å². The molecule has 0 aromatic heterocycles. The van der Waals surface area contributed by atoms with Gasteiger partial charge in [0.15, 0.2) is 5.96 Å². The highest BCUT2D eigenvalue weighted by molar-refractivity contribution is 14.0. The lowest BCUT2D eigenvalue weighted by atomic mass is 10.1. The summed E-state index contributed by atoms with van der Waals surface area (Å²) in [5, 5.41) is 6.43. The molecule has 0 aliphatic carbocycles. The number of halogens is 1. The molecule has 2 aliphatic heterocycles. The van der Waals surface area contributed by atoms with Crippen molar-refractivity contribution in [2.45, 2.75) is 58.5 Å². The minimum Gasteiger partial charge on any atom is -0.357 e. The van der Waals surface area contributed by atoms with Crippen molar-refractivity contribution in [1.29, 1.82) is 0 Å². The van der Waals surface area contributed by atoms with E-state index in [0.717, 1.165) is 39.0 Å². The van der Waals surface area contributed by atoms with Gasteiger partial charge in [0.2, 0.25) is 5.91 Å². The van der Waals surface area contributed by atoms with Gasteiger partial charge in [0.25, 0.3) is 0 Å². The van der Waals surface area contributed by atoms with Crippen LogP contribution in [0.15, 0.2) is 29.3 Å². The second-order valence-corrected chi connectivity index (χ2v) is 8.14. The number of amides is 1. The van der Waals surface area contributed by atoms with E-state index in [9.17, 15) is 4.79 Å². The van der Waals surface area contributed by atoms with Crippen LogP contribution in [0.3, 0.4) is 0 Å². The molecule has 1 aromatic carbocycles. The third kappa shape index (κ3) is 8.41. The highest BCUT2D eigenvalue weighted by Crippen LogP contribution is 2.14. The van der Waals surface area contributed by atoms with Crippen molar-refractivity contribution < 1.29 is 4.79 Å². The quantitative estimate of drug-likeness (QED) is 0.325. The zero-order valence-electron chi connectivity index (χ0n) is 18.4. The molecule has 168 valence electrons. The van der Waals surface area contributed by atoms with Crippen LogP contribution in [0, 0.1) is 0 Å². The van der Waals surface area contributed by atoms with Gasteiger partial charge in [-0.05, 0) is 63.2 Å². The molecule has 0 saturated carbocycles. The van der Waals surface area contributed by atoms with Crippen LogP contribution in [0.1, 0.15) is 56.6 Å². The number of rotatable bonds is 7. The number of aliphatic imine (C=N–C) groups is 1. The molecule has 0 radical (unpaired) electrons. The van der Waals surface area contributed by atoms with Crippen molar-refractivity contribution in [3.8, 4) is 0 Å². The van der Waals surface area contributed by atoms with E-state index in [1.807, 2.05) is 11.8 Å². The van der Waals surface area contributed by atoms with E-state index in [1.165, 1.54) is 49.9 Å². The maximum atomic E-state index is 12.4. The van der Waals surface area contributed by atoms with E-state index in [1.54, 1.807) is 0 Å². The van der Waals surface area contributed by atoms with Crippen LogP contribution < -0.4 is 10.6 Å². The van der Waals surface area contributed by atoms with Gasteiger partial charge < -0.3 is 15.5 Å². The van der Waals surface area contributed by atoms with Crippen LogP contribution >= 0.6 is 24.0 Å². The monoisotopic (exact) mass is 527 g/mol. The molecule has 1 aromatic rings. The number of nitrogens with one attached hydrogen (secondary N) is 2. The maximum absolute atomic E-state index is 12.4. The van der Waals surface area contributed by atoms with Gasteiger partial charge in [-0.3, -0.25) is 9.69 Å². The molecule has 7 heteroatoms. The van der Waals surface area contributed by atoms with Crippen LogP contribution in [0.25, 0.3) is 0 Å². The average Bonchev–Trinajstić information content (AvgIpc) is 2.78. The summed E-state index contributed by atoms with van der Waals surface area (Å²) in [4.78, 5) is 21.5. The summed E-state index contributed by atoms with van der Waals surface area (Å²) >= 11 is 0. The van der Waals surface area contributed by atoms with Crippen LogP contribution in [-0.2, 0) is 17.9 Å². The Hall–Kier alpha value is -1.35. The molecule has 0 bridgehead atoms. The normalized spacial score (nSPS) is 17.9. The van der Waals surface area contributed by atoms with E-state index < -0.39 is 0 Å². The summed E-state index contributed by atoms with van der Waals surface area (Å²) in [6, 6.07) is 8.79. The zero-order chi connectivity index (χ0) is 20.3. The molecule has 6 nitrogen and oxygen atoms in total. The van der Waals surface area contributed by atoms with Crippen molar-refractivity contribution in [3.05, 3.63) is 35.4 Å². The molecule has 0 atom stereocenters. The molecule has 2 N–H and O–H groups in total. The molecule has 30 heavy (non-hydrogen) atoms. The number of carbonyl (C=O) groups excluding carboxylic acids is 1. The molecular weight excluding hydrogens is 489 g/mol. The standard InChI is InChI=1S/C23H37N5O.HI/c1-2-24-23(26-18-22(29)28-15-7-4-8-16-28)25-17-20-9-11-21(12-10-20)19-27-13-5-3-6-14-27;/h9-12H,2-8,13-19H2,1H3,(H2,24,25,26);1H. The molecule has 0 spiro atoms. The largest absolute Gasteiger partial charge is 0.357 e. The SMILES string of the molecule is CCNC(=NCc1ccc(CN2CCCCC2)cc1)NCC(=O)N1CCCCC1.I. The second kappa shape index (κ2) is 13.9. The Kier molecular flexibility index (Phi) is 11.5. The van der Waals surface area contributed by atoms with Crippen molar-refractivity contribution in [1.82, 2.24) is 20.4 Å². The molecule has 2 heterocycles. The van der Waals surface area contributed by atoms with Crippen LogP contribution in [0.4, 0.5) is 0 Å². The highest BCUT2D eigenvalue weighted by Gasteiger charge is 2.16. The van der Waals surface area contributed by atoms with Gasteiger partial charge >= 0.3 is 0 Å². The third-order valence-corrected chi connectivity index (χ3v) is 5.76. The predicted octanol–water partition coefficient (Wildman–Crippen LogP) is 3.36. The Morgan fingerprint density at radius 1 is 0.900 bits per heavy atom. The topological polar surface area (TPSA) is 60.0 Å². The lowest BCUT2D eigenvalue weighted by molar-refractivity contribution is -0.130. The fraction of sp³-hybridized carbons (Fsp3) is 0.652. The Morgan fingerprint density at radius 2 is 1.50 bits per heavy atom. The van der Waals surface area contributed by atoms with E-state index in [4.69, 9.17) is 0 Å². The molecule has 2 fully saturated rings. The number of piperidine rings is 2. The van der Waals surface area contributed by atoms with E-state index in [0.29, 0.717) is 19.0 Å². The van der Waals surface area contributed by atoms with Crippen molar-refractivity contribution in [3.63, 3.8) is 0 Å². The Labute approximate surface area is 198 Å². The molecule has 2 aliphatic rings. The first-order valence-electron chi connectivity index (χ1n) is 11.3. The Bertz CT molecular complexity index is 652. The second-order valence-electron chi connectivity index (χ2n) is 8.14. The summed E-state index contributed by atoms with van der Waals surface area (Å²) in [7, 11) is 0. The summed E-state index contributed by atoms with van der Waals surface area (Å²) in [6.45, 7) is 9.00. The van der Waals surface area contributed by atoms with Gasteiger partial charge in [0.05, 0.1) is 13.1 Å². The van der Waals surface area contributed by atoms with Gasteiger partial charge in [-0.15, -0.1) is 24.0 Å². The number of benzene rings is 1. The first kappa shape index (κ1) is 24.9. The van der Waals surface area contributed by atoms with E-state index >= 15 is 0 Å².